The zero-order valence-electron chi connectivity index (χ0n) is 13.3. The summed E-state index contributed by atoms with van der Waals surface area (Å²) in [5.74, 6) is 0. The van der Waals surface area contributed by atoms with Gasteiger partial charge in [-0.1, -0.05) is 13.3 Å². The van der Waals surface area contributed by atoms with Crippen LogP contribution in [0.5, 0.6) is 0 Å². The summed E-state index contributed by atoms with van der Waals surface area (Å²) >= 11 is 0. The van der Waals surface area contributed by atoms with E-state index in [-0.39, 0.29) is 6.04 Å². The molecule has 1 heterocycles. The van der Waals surface area contributed by atoms with Crippen molar-refractivity contribution in [3.05, 3.63) is 0 Å². The molecule has 0 spiro atoms. The first kappa shape index (κ1) is 18.3. The molecule has 1 rings (SSSR count). The molecule has 0 aromatic rings. The standard InChI is InChI=1S/C15H29N3O3/c1-3-4-14(11-16)18-7-5-17(6-8-18)12-15(19)13-21-10-9-20-2/h14-15,19H,3-10,12-13H2,1-2H3. The number of nitrogens with zero attached hydrogens (tertiary/aromatic N) is 3. The second kappa shape index (κ2) is 10.9. The highest BCUT2D eigenvalue weighted by atomic mass is 16.5. The molecular formula is C15H29N3O3. The summed E-state index contributed by atoms with van der Waals surface area (Å²) in [6.07, 6.45) is 1.51. The van der Waals surface area contributed by atoms with Gasteiger partial charge in [0.2, 0.25) is 0 Å². The summed E-state index contributed by atoms with van der Waals surface area (Å²) in [6, 6.07) is 2.44. The number of β-amino-alcohol motifs (C(OH)–C–C–N with tert-alkyl or cyclic N) is 1. The van der Waals surface area contributed by atoms with Crippen molar-refractivity contribution in [3.63, 3.8) is 0 Å². The highest BCUT2D eigenvalue weighted by molar-refractivity contribution is 4.93. The quantitative estimate of drug-likeness (QED) is 0.586. The lowest BCUT2D eigenvalue weighted by Gasteiger charge is -2.37. The summed E-state index contributed by atoms with van der Waals surface area (Å²) in [5.41, 5.74) is 0. The van der Waals surface area contributed by atoms with E-state index in [1.54, 1.807) is 7.11 Å². The maximum absolute atomic E-state index is 9.93. The highest BCUT2D eigenvalue weighted by Gasteiger charge is 2.24. The fourth-order valence-electron chi connectivity index (χ4n) is 2.57. The maximum Gasteiger partial charge on any atom is 0.0978 e. The first-order valence-corrected chi connectivity index (χ1v) is 7.82. The molecule has 1 aliphatic rings. The monoisotopic (exact) mass is 299 g/mol. The summed E-state index contributed by atoms with van der Waals surface area (Å²) in [7, 11) is 1.63. The molecule has 1 aliphatic heterocycles. The van der Waals surface area contributed by atoms with Gasteiger partial charge in [-0.25, -0.2) is 0 Å². The molecule has 2 unspecified atom stereocenters. The number of nitriles is 1. The van der Waals surface area contributed by atoms with E-state index in [1.165, 1.54) is 0 Å². The molecule has 0 saturated carbocycles. The summed E-state index contributed by atoms with van der Waals surface area (Å²) in [5, 5.41) is 19.1. The van der Waals surface area contributed by atoms with Gasteiger partial charge in [-0.05, 0) is 6.42 Å². The molecular weight excluding hydrogens is 270 g/mol. The Morgan fingerprint density at radius 1 is 1.24 bits per heavy atom. The Morgan fingerprint density at radius 2 is 1.95 bits per heavy atom. The van der Waals surface area contributed by atoms with Crippen LogP contribution in [0.15, 0.2) is 0 Å². The van der Waals surface area contributed by atoms with Crippen molar-refractivity contribution in [1.82, 2.24) is 9.80 Å². The summed E-state index contributed by atoms with van der Waals surface area (Å²) < 4.78 is 10.2. The SMILES string of the molecule is CCCC(C#N)N1CCN(CC(O)COCCOC)CC1. The van der Waals surface area contributed by atoms with Gasteiger partial charge in [0, 0.05) is 39.8 Å². The Labute approximate surface area is 128 Å². The van der Waals surface area contributed by atoms with Crippen LogP contribution in [0, 0.1) is 11.3 Å². The Bertz CT molecular complexity index is 301. The number of aliphatic hydroxyl groups is 1. The topological polar surface area (TPSA) is 69.0 Å². The number of aliphatic hydroxyl groups excluding tert-OH is 1. The average molecular weight is 299 g/mol. The molecule has 1 saturated heterocycles. The fourth-order valence-corrected chi connectivity index (χ4v) is 2.57. The molecule has 1 fully saturated rings. The van der Waals surface area contributed by atoms with E-state index in [0.717, 1.165) is 39.0 Å². The van der Waals surface area contributed by atoms with Crippen LogP contribution in [-0.4, -0.2) is 86.7 Å². The molecule has 0 aliphatic carbocycles. The third-order valence-electron chi connectivity index (χ3n) is 3.77. The van der Waals surface area contributed by atoms with Crippen LogP contribution >= 0.6 is 0 Å². The maximum atomic E-state index is 9.93. The van der Waals surface area contributed by atoms with Crippen molar-refractivity contribution >= 4 is 0 Å². The van der Waals surface area contributed by atoms with E-state index >= 15 is 0 Å². The molecule has 0 amide bonds. The average Bonchev–Trinajstić information content (AvgIpc) is 2.50. The zero-order valence-corrected chi connectivity index (χ0v) is 13.3. The van der Waals surface area contributed by atoms with Crippen LogP contribution in [0.1, 0.15) is 19.8 Å². The van der Waals surface area contributed by atoms with E-state index in [1.807, 2.05) is 0 Å². The molecule has 6 nitrogen and oxygen atoms in total. The van der Waals surface area contributed by atoms with E-state index in [0.29, 0.717) is 26.4 Å². The zero-order chi connectivity index (χ0) is 15.5. The minimum absolute atomic E-state index is 0.0412. The second-order valence-corrected chi connectivity index (χ2v) is 5.49. The van der Waals surface area contributed by atoms with E-state index in [2.05, 4.69) is 22.8 Å². The van der Waals surface area contributed by atoms with Crippen LogP contribution in [0.4, 0.5) is 0 Å². The predicted octanol–water partition coefficient (Wildman–Crippen LogP) is 0.320. The van der Waals surface area contributed by atoms with Crippen LogP contribution in [0.25, 0.3) is 0 Å². The lowest BCUT2D eigenvalue weighted by Crippen LogP contribution is -2.51. The fraction of sp³-hybridized carbons (Fsp3) is 0.933. The van der Waals surface area contributed by atoms with Gasteiger partial charge in [0.1, 0.15) is 0 Å². The van der Waals surface area contributed by atoms with Crippen LogP contribution in [-0.2, 0) is 9.47 Å². The van der Waals surface area contributed by atoms with Crippen molar-refractivity contribution in [3.8, 4) is 6.07 Å². The normalized spacial score (nSPS) is 20.1. The summed E-state index contributed by atoms with van der Waals surface area (Å²) in [4.78, 5) is 4.49. The number of piperazine rings is 1. The number of hydrogen-bond donors (Lipinski definition) is 1. The molecule has 0 radical (unpaired) electrons. The van der Waals surface area contributed by atoms with E-state index < -0.39 is 6.10 Å². The number of methoxy groups -OCH3 is 1. The first-order chi connectivity index (χ1) is 10.2. The largest absolute Gasteiger partial charge is 0.389 e. The molecule has 1 N–H and O–H groups in total. The third-order valence-corrected chi connectivity index (χ3v) is 3.77. The molecule has 6 heteroatoms. The van der Waals surface area contributed by atoms with Gasteiger partial charge in [0.25, 0.3) is 0 Å². The number of ether oxygens (including phenoxy) is 2. The van der Waals surface area contributed by atoms with Crippen LogP contribution < -0.4 is 0 Å². The number of rotatable bonds is 10. The Kier molecular flexibility index (Phi) is 9.55. The Hall–Kier alpha value is -0.710. The van der Waals surface area contributed by atoms with Crippen LogP contribution in [0.2, 0.25) is 0 Å². The first-order valence-electron chi connectivity index (χ1n) is 7.82. The van der Waals surface area contributed by atoms with Gasteiger partial charge in [0.05, 0.1) is 38.0 Å². The predicted molar refractivity (Wildman–Crippen MR) is 81.0 cm³/mol. The summed E-state index contributed by atoms with van der Waals surface area (Å²) in [6.45, 7) is 7.76. The minimum Gasteiger partial charge on any atom is -0.389 e. The molecule has 2 atom stereocenters. The van der Waals surface area contributed by atoms with Gasteiger partial charge in [-0.15, -0.1) is 0 Å². The second-order valence-electron chi connectivity index (χ2n) is 5.49. The minimum atomic E-state index is -0.462. The smallest absolute Gasteiger partial charge is 0.0978 e. The van der Waals surface area contributed by atoms with Gasteiger partial charge in [-0.2, -0.15) is 5.26 Å². The van der Waals surface area contributed by atoms with Gasteiger partial charge < -0.3 is 14.6 Å². The van der Waals surface area contributed by atoms with Crippen molar-refractivity contribution < 1.29 is 14.6 Å². The molecule has 0 bridgehead atoms. The molecule has 0 aromatic heterocycles. The Morgan fingerprint density at radius 3 is 2.52 bits per heavy atom. The number of hydrogen-bond acceptors (Lipinski definition) is 6. The van der Waals surface area contributed by atoms with Crippen LogP contribution in [0.3, 0.4) is 0 Å². The van der Waals surface area contributed by atoms with Gasteiger partial charge in [-0.3, -0.25) is 9.80 Å². The van der Waals surface area contributed by atoms with Gasteiger partial charge in [0.15, 0.2) is 0 Å². The van der Waals surface area contributed by atoms with Crippen molar-refractivity contribution in [2.45, 2.75) is 31.9 Å². The highest BCUT2D eigenvalue weighted by Crippen LogP contribution is 2.10. The van der Waals surface area contributed by atoms with Crippen molar-refractivity contribution in [1.29, 1.82) is 5.26 Å². The third kappa shape index (κ3) is 7.21. The molecule has 122 valence electrons. The van der Waals surface area contributed by atoms with E-state index in [4.69, 9.17) is 9.47 Å². The van der Waals surface area contributed by atoms with E-state index in [9.17, 15) is 10.4 Å². The van der Waals surface area contributed by atoms with Crippen molar-refractivity contribution in [2.75, 3.05) is 59.7 Å². The molecule has 0 aromatic carbocycles. The Balaban J connectivity index is 2.19. The lowest BCUT2D eigenvalue weighted by molar-refractivity contribution is -0.00821. The lowest BCUT2D eigenvalue weighted by atomic mass is 10.1. The van der Waals surface area contributed by atoms with Gasteiger partial charge >= 0.3 is 0 Å². The molecule has 21 heavy (non-hydrogen) atoms. The van der Waals surface area contributed by atoms with Crippen molar-refractivity contribution in [2.24, 2.45) is 0 Å².